The van der Waals surface area contributed by atoms with Crippen LogP contribution in [0.3, 0.4) is 0 Å². The van der Waals surface area contributed by atoms with Gasteiger partial charge in [-0.05, 0) is 33.7 Å². The van der Waals surface area contributed by atoms with Crippen LogP contribution < -0.4 is 5.73 Å². The lowest BCUT2D eigenvalue weighted by atomic mass is 9.78. The molecule has 0 saturated carbocycles. The van der Waals surface area contributed by atoms with Crippen LogP contribution in [0.2, 0.25) is 0 Å². The Morgan fingerprint density at radius 3 is 2.35 bits per heavy atom. The maximum atomic E-state index is 13.0. The fourth-order valence-electron chi connectivity index (χ4n) is 3.00. The zero-order valence-electron chi connectivity index (χ0n) is 12.6. The van der Waals surface area contributed by atoms with Crippen LogP contribution in [0.5, 0.6) is 0 Å². The first-order valence-corrected chi connectivity index (χ1v) is 7.59. The zero-order valence-corrected chi connectivity index (χ0v) is 13.5. The van der Waals surface area contributed by atoms with Crippen molar-refractivity contribution in [3.8, 4) is 0 Å². The number of nitrogens with two attached hydrogens (primary N) is 1. The molecule has 1 amide bonds. The Morgan fingerprint density at radius 1 is 1.25 bits per heavy atom. The minimum absolute atomic E-state index is 0.0174. The zero-order chi connectivity index (χ0) is 15.0. The standard InChI is InChI=1S/C14H25N3O2S/c1-13(2)10-17(7-6-16(13)3)12(18)14(11(15)20)4-8-19-9-5-14/h4-10H2,1-3H3,(H2,15,20). The highest BCUT2D eigenvalue weighted by molar-refractivity contribution is 7.80. The van der Waals surface area contributed by atoms with E-state index >= 15 is 0 Å². The number of hydrogen-bond donors (Lipinski definition) is 1. The van der Waals surface area contributed by atoms with Gasteiger partial charge in [-0.3, -0.25) is 9.69 Å². The van der Waals surface area contributed by atoms with Gasteiger partial charge in [0, 0.05) is 38.4 Å². The van der Waals surface area contributed by atoms with Gasteiger partial charge in [-0.1, -0.05) is 12.2 Å². The fourth-order valence-corrected chi connectivity index (χ4v) is 3.29. The highest BCUT2D eigenvalue weighted by Gasteiger charge is 2.47. The fraction of sp³-hybridized carbons (Fsp3) is 0.857. The molecule has 0 spiro atoms. The molecule has 114 valence electrons. The van der Waals surface area contributed by atoms with Crippen molar-refractivity contribution in [2.75, 3.05) is 39.9 Å². The maximum absolute atomic E-state index is 13.0. The average molecular weight is 299 g/mol. The quantitative estimate of drug-likeness (QED) is 0.758. The van der Waals surface area contributed by atoms with E-state index in [0.717, 1.165) is 13.1 Å². The Morgan fingerprint density at radius 2 is 1.85 bits per heavy atom. The van der Waals surface area contributed by atoms with Gasteiger partial charge in [0.25, 0.3) is 0 Å². The highest BCUT2D eigenvalue weighted by atomic mass is 32.1. The first-order chi connectivity index (χ1) is 9.29. The molecule has 2 N–H and O–H groups in total. The topological polar surface area (TPSA) is 58.8 Å². The Labute approximate surface area is 126 Å². The predicted octanol–water partition coefficient (Wildman–Crippen LogP) is 0.622. The van der Waals surface area contributed by atoms with Gasteiger partial charge in [-0.25, -0.2) is 0 Å². The number of rotatable bonds is 2. The van der Waals surface area contributed by atoms with Crippen LogP contribution in [0.4, 0.5) is 0 Å². The van der Waals surface area contributed by atoms with E-state index < -0.39 is 5.41 Å². The summed E-state index contributed by atoms with van der Waals surface area (Å²) in [6, 6.07) is 0. The van der Waals surface area contributed by atoms with E-state index in [-0.39, 0.29) is 11.4 Å². The molecule has 0 atom stereocenters. The van der Waals surface area contributed by atoms with Crippen LogP contribution in [0, 0.1) is 5.41 Å². The van der Waals surface area contributed by atoms with Crippen LogP contribution in [0.1, 0.15) is 26.7 Å². The summed E-state index contributed by atoms with van der Waals surface area (Å²) in [4.78, 5) is 17.5. The highest BCUT2D eigenvalue weighted by Crippen LogP contribution is 2.34. The van der Waals surface area contributed by atoms with E-state index in [1.165, 1.54) is 0 Å². The summed E-state index contributed by atoms with van der Waals surface area (Å²) >= 11 is 5.22. The van der Waals surface area contributed by atoms with Crippen molar-refractivity contribution >= 4 is 23.1 Å². The van der Waals surface area contributed by atoms with Crippen LogP contribution in [0.15, 0.2) is 0 Å². The monoisotopic (exact) mass is 299 g/mol. The molecular formula is C14H25N3O2S. The van der Waals surface area contributed by atoms with E-state index in [2.05, 4.69) is 25.8 Å². The number of carbonyl (C=O) groups excluding carboxylic acids is 1. The number of nitrogens with zero attached hydrogens (tertiary/aromatic N) is 2. The molecule has 0 bridgehead atoms. The first-order valence-electron chi connectivity index (χ1n) is 7.18. The van der Waals surface area contributed by atoms with Crippen molar-refractivity contribution < 1.29 is 9.53 Å². The third-order valence-electron chi connectivity index (χ3n) is 4.83. The molecule has 0 aliphatic carbocycles. The summed E-state index contributed by atoms with van der Waals surface area (Å²) in [5.74, 6) is 0.0921. The maximum Gasteiger partial charge on any atom is 0.235 e. The van der Waals surface area contributed by atoms with Gasteiger partial charge in [0.15, 0.2) is 0 Å². The van der Waals surface area contributed by atoms with Crippen LogP contribution in [-0.4, -0.2) is 66.1 Å². The Balaban J connectivity index is 2.18. The summed E-state index contributed by atoms with van der Waals surface area (Å²) < 4.78 is 5.38. The minimum atomic E-state index is -0.695. The van der Waals surface area contributed by atoms with Gasteiger partial charge >= 0.3 is 0 Å². The number of thiocarbonyl (C=S) groups is 1. The number of piperazine rings is 1. The smallest absolute Gasteiger partial charge is 0.235 e. The molecule has 2 fully saturated rings. The molecule has 0 unspecified atom stereocenters. The molecule has 2 rings (SSSR count). The Kier molecular flexibility index (Phi) is 4.37. The number of ether oxygens (including phenoxy) is 1. The van der Waals surface area contributed by atoms with Crippen LogP contribution in [-0.2, 0) is 9.53 Å². The second-order valence-electron chi connectivity index (χ2n) is 6.52. The molecule has 2 aliphatic rings. The van der Waals surface area contributed by atoms with Gasteiger partial charge in [0.2, 0.25) is 5.91 Å². The van der Waals surface area contributed by atoms with E-state index in [9.17, 15) is 4.79 Å². The molecule has 6 heteroatoms. The summed E-state index contributed by atoms with van der Waals surface area (Å²) in [6.07, 6.45) is 1.21. The normalized spacial score (nSPS) is 26.2. The van der Waals surface area contributed by atoms with Crippen molar-refractivity contribution in [3.63, 3.8) is 0 Å². The van der Waals surface area contributed by atoms with Crippen molar-refractivity contribution in [2.45, 2.75) is 32.2 Å². The first kappa shape index (κ1) is 15.7. The van der Waals surface area contributed by atoms with Gasteiger partial charge in [-0.2, -0.15) is 0 Å². The molecule has 0 aromatic carbocycles. The molecule has 2 saturated heterocycles. The second-order valence-corrected chi connectivity index (χ2v) is 6.96. The number of hydrogen-bond acceptors (Lipinski definition) is 4. The molecule has 2 aliphatic heterocycles. The number of likely N-dealkylation sites (N-methyl/N-ethyl adjacent to an activating group) is 1. The molecule has 0 aromatic heterocycles. The van der Waals surface area contributed by atoms with Crippen LogP contribution in [0.25, 0.3) is 0 Å². The van der Waals surface area contributed by atoms with Gasteiger partial charge < -0.3 is 15.4 Å². The third kappa shape index (κ3) is 2.69. The average Bonchev–Trinajstić information content (AvgIpc) is 2.41. The van der Waals surface area contributed by atoms with E-state index in [0.29, 0.717) is 37.6 Å². The Bertz CT molecular complexity index is 405. The summed E-state index contributed by atoms with van der Waals surface area (Å²) in [5, 5.41) is 0. The largest absolute Gasteiger partial charge is 0.392 e. The lowest BCUT2D eigenvalue weighted by Crippen LogP contribution is -2.63. The SMILES string of the molecule is CN1CCN(C(=O)C2(C(N)=S)CCOCC2)CC1(C)C. The molecular weight excluding hydrogens is 274 g/mol. The molecule has 5 nitrogen and oxygen atoms in total. The van der Waals surface area contributed by atoms with Crippen molar-refractivity contribution in [1.82, 2.24) is 9.80 Å². The number of carbonyl (C=O) groups is 1. The van der Waals surface area contributed by atoms with Gasteiger partial charge in [0.05, 0.1) is 4.99 Å². The van der Waals surface area contributed by atoms with Gasteiger partial charge in [-0.15, -0.1) is 0 Å². The van der Waals surface area contributed by atoms with Crippen molar-refractivity contribution in [3.05, 3.63) is 0 Å². The van der Waals surface area contributed by atoms with Crippen molar-refractivity contribution in [1.29, 1.82) is 0 Å². The molecule has 2 heterocycles. The van der Waals surface area contributed by atoms with Crippen molar-refractivity contribution in [2.24, 2.45) is 11.1 Å². The molecule has 0 aromatic rings. The predicted molar refractivity (Wildman–Crippen MR) is 82.6 cm³/mol. The summed E-state index contributed by atoms with van der Waals surface area (Å²) in [7, 11) is 2.10. The lowest BCUT2D eigenvalue weighted by molar-refractivity contribution is -0.147. The summed E-state index contributed by atoms with van der Waals surface area (Å²) in [6.45, 7) is 7.76. The third-order valence-corrected chi connectivity index (χ3v) is 5.22. The lowest BCUT2D eigenvalue weighted by Gasteiger charge is -2.48. The van der Waals surface area contributed by atoms with E-state index in [1.54, 1.807) is 0 Å². The van der Waals surface area contributed by atoms with Gasteiger partial charge in [0.1, 0.15) is 5.41 Å². The Hall–Kier alpha value is -0.720. The number of amides is 1. The van der Waals surface area contributed by atoms with Crippen LogP contribution >= 0.6 is 12.2 Å². The van der Waals surface area contributed by atoms with E-state index in [4.69, 9.17) is 22.7 Å². The molecule has 20 heavy (non-hydrogen) atoms. The summed E-state index contributed by atoms with van der Waals surface area (Å²) in [5.41, 5.74) is 5.21. The minimum Gasteiger partial charge on any atom is -0.392 e. The second kappa shape index (κ2) is 5.58. The van der Waals surface area contributed by atoms with E-state index in [1.807, 2.05) is 4.90 Å². The molecule has 0 radical (unpaired) electrons.